The second-order valence-electron chi connectivity index (χ2n) is 6.39. The first kappa shape index (κ1) is 14.5. The maximum Gasteiger partial charge on any atom is 0.319 e. The minimum atomic E-state index is -0.533. The van der Waals surface area contributed by atoms with Crippen LogP contribution in [-0.2, 0) is 14.9 Å². The number of hydrogen-bond donors (Lipinski definition) is 0. The molecular weight excluding hydrogens is 266 g/mol. The highest BCUT2D eigenvalue weighted by Gasteiger charge is 2.51. The molecule has 1 heterocycles. The smallest absolute Gasteiger partial charge is 0.319 e. The first-order valence-corrected chi connectivity index (χ1v) is 8.28. The van der Waals surface area contributed by atoms with E-state index in [1.165, 1.54) is 32.1 Å². The number of carbonyl (C=O) groups is 1. The minimum absolute atomic E-state index is 0.110. The van der Waals surface area contributed by atoms with E-state index in [1.807, 2.05) is 13.8 Å². The third kappa shape index (κ3) is 2.36. The summed E-state index contributed by atoms with van der Waals surface area (Å²) in [5.41, 5.74) is -0.533. The molecule has 0 aromatic carbocycles. The topological polar surface area (TPSA) is 57.0 Å². The van der Waals surface area contributed by atoms with Crippen LogP contribution in [0.3, 0.4) is 0 Å². The largest absolute Gasteiger partial charge is 0.465 e. The molecule has 21 heavy (non-hydrogen) atoms. The van der Waals surface area contributed by atoms with Gasteiger partial charge >= 0.3 is 5.97 Å². The number of carbonyl (C=O) groups excluding carboxylic acids is 1. The molecule has 2 aliphatic rings. The zero-order chi connectivity index (χ0) is 14.9. The Kier molecular flexibility index (Phi) is 4.00. The zero-order valence-electron chi connectivity index (χ0n) is 13.1. The zero-order valence-corrected chi connectivity index (χ0v) is 13.1. The molecule has 5 nitrogen and oxygen atoms in total. The first-order chi connectivity index (χ1) is 10.2. The molecule has 2 aliphatic carbocycles. The average Bonchev–Trinajstić information content (AvgIpc) is 2.81. The van der Waals surface area contributed by atoms with E-state index >= 15 is 0 Å². The predicted octanol–water partition coefficient (Wildman–Crippen LogP) is 3.08. The molecule has 0 spiro atoms. The average molecular weight is 291 g/mol. The molecule has 1 aromatic rings. The molecule has 2 fully saturated rings. The van der Waals surface area contributed by atoms with E-state index in [9.17, 15) is 4.79 Å². The second kappa shape index (κ2) is 5.78. The Hall–Kier alpha value is -1.39. The van der Waals surface area contributed by atoms with E-state index in [2.05, 4.69) is 14.8 Å². The number of esters is 1. The van der Waals surface area contributed by atoms with Crippen molar-refractivity contribution in [2.24, 2.45) is 0 Å². The summed E-state index contributed by atoms with van der Waals surface area (Å²) in [7, 11) is 0. The molecule has 0 amide bonds. The Morgan fingerprint density at radius 3 is 2.52 bits per heavy atom. The van der Waals surface area contributed by atoms with Gasteiger partial charge in [0.25, 0.3) is 0 Å². The van der Waals surface area contributed by atoms with E-state index in [0.29, 0.717) is 12.6 Å². The highest BCUT2D eigenvalue weighted by atomic mass is 16.5. The molecule has 0 atom stereocenters. The monoisotopic (exact) mass is 291 g/mol. The van der Waals surface area contributed by atoms with Gasteiger partial charge in [-0.1, -0.05) is 25.7 Å². The molecular formula is C16H25N3O2. The quantitative estimate of drug-likeness (QED) is 0.800. The van der Waals surface area contributed by atoms with Gasteiger partial charge in [-0.25, -0.2) is 0 Å². The van der Waals surface area contributed by atoms with Crippen molar-refractivity contribution in [3.8, 4) is 0 Å². The molecule has 0 radical (unpaired) electrons. The Labute approximate surface area is 126 Å². The van der Waals surface area contributed by atoms with Gasteiger partial charge in [0.2, 0.25) is 0 Å². The molecule has 1 aromatic heterocycles. The fourth-order valence-electron chi connectivity index (χ4n) is 3.79. The van der Waals surface area contributed by atoms with Crippen LogP contribution in [0, 0.1) is 6.92 Å². The van der Waals surface area contributed by atoms with E-state index in [0.717, 1.165) is 30.9 Å². The third-order valence-corrected chi connectivity index (χ3v) is 5.11. The summed E-state index contributed by atoms with van der Waals surface area (Å²) in [5, 5.41) is 8.69. The third-order valence-electron chi connectivity index (χ3n) is 5.11. The van der Waals surface area contributed by atoms with Crippen LogP contribution < -0.4 is 0 Å². The van der Waals surface area contributed by atoms with Crippen LogP contribution in [0.15, 0.2) is 0 Å². The lowest BCUT2D eigenvalue weighted by atomic mass is 9.68. The van der Waals surface area contributed by atoms with Crippen molar-refractivity contribution in [2.45, 2.75) is 76.7 Å². The first-order valence-electron chi connectivity index (χ1n) is 8.28. The highest BCUT2D eigenvalue weighted by molar-refractivity contribution is 5.83. The maximum atomic E-state index is 12.5. The van der Waals surface area contributed by atoms with Gasteiger partial charge in [-0.05, 0) is 39.5 Å². The Morgan fingerprint density at radius 1 is 1.24 bits per heavy atom. The van der Waals surface area contributed by atoms with Crippen LogP contribution in [0.25, 0.3) is 0 Å². The molecule has 116 valence electrons. The number of rotatable bonds is 4. The van der Waals surface area contributed by atoms with Gasteiger partial charge in [-0.2, -0.15) is 0 Å². The fourth-order valence-corrected chi connectivity index (χ4v) is 3.79. The molecule has 0 unspecified atom stereocenters. The number of hydrogen-bond acceptors (Lipinski definition) is 4. The van der Waals surface area contributed by atoms with Crippen molar-refractivity contribution >= 4 is 5.97 Å². The Balaban J connectivity index is 1.96. The van der Waals surface area contributed by atoms with Gasteiger partial charge in [0.1, 0.15) is 11.2 Å². The van der Waals surface area contributed by atoms with Gasteiger partial charge in [-0.15, -0.1) is 10.2 Å². The van der Waals surface area contributed by atoms with Crippen LogP contribution in [-0.4, -0.2) is 27.3 Å². The SMILES string of the molecule is CCOC(=O)C1(c2nnc(C)n2C2CCCCC2)CCC1. The highest BCUT2D eigenvalue weighted by Crippen LogP contribution is 2.45. The van der Waals surface area contributed by atoms with Crippen molar-refractivity contribution in [3.05, 3.63) is 11.6 Å². The Bertz CT molecular complexity index is 514. The lowest BCUT2D eigenvalue weighted by molar-refractivity contribution is -0.154. The van der Waals surface area contributed by atoms with Crippen LogP contribution in [0.2, 0.25) is 0 Å². The molecule has 0 aliphatic heterocycles. The number of aryl methyl sites for hydroxylation is 1. The number of nitrogens with zero attached hydrogens (tertiary/aromatic N) is 3. The van der Waals surface area contributed by atoms with E-state index in [4.69, 9.17) is 4.74 Å². The van der Waals surface area contributed by atoms with Crippen molar-refractivity contribution in [3.63, 3.8) is 0 Å². The van der Waals surface area contributed by atoms with Crippen molar-refractivity contribution in [1.29, 1.82) is 0 Å². The van der Waals surface area contributed by atoms with Crippen molar-refractivity contribution in [1.82, 2.24) is 14.8 Å². The molecule has 3 rings (SSSR count). The molecule has 0 saturated heterocycles. The Morgan fingerprint density at radius 2 is 1.95 bits per heavy atom. The van der Waals surface area contributed by atoms with Gasteiger partial charge in [-0.3, -0.25) is 4.79 Å². The summed E-state index contributed by atoms with van der Waals surface area (Å²) in [6.45, 7) is 4.29. The lowest BCUT2D eigenvalue weighted by Gasteiger charge is -2.39. The summed E-state index contributed by atoms with van der Waals surface area (Å²) in [6.07, 6.45) is 8.93. The summed E-state index contributed by atoms with van der Waals surface area (Å²) >= 11 is 0. The summed E-state index contributed by atoms with van der Waals surface area (Å²) in [6, 6.07) is 0.454. The number of ether oxygens (including phenoxy) is 1. The van der Waals surface area contributed by atoms with Crippen LogP contribution in [0.1, 0.15) is 76.0 Å². The van der Waals surface area contributed by atoms with Gasteiger partial charge < -0.3 is 9.30 Å². The van der Waals surface area contributed by atoms with E-state index in [-0.39, 0.29) is 5.97 Å². The second-order valence-corrected chi connectivity index (χ2v) is 6.39. The summed E-state index contributed by atoms with van der Waals surface area (Å²) in [5.74, 6) is 1.68. The normalized spacial score (nSPS) is 21.8. The fraction of sp³-hybridized carbons (Fsp3) is 0.812. The van der Waals surface area contributed by atoms with E-state index < -0.39 is 5.41 Å². The molecule has 0 N–H and O–H groups in total. The van der Waals surface area contributed by atoms with Crippen LogP contribution >= 0.6 is 0 Å². The summed E-state index contributed by atoms with van der Waals surface area (Å²) < 4.78 is 7.58. The maximum absolute atomic E-state index is 12.5. The van der Waals surface area contributed by atoms with Gasteiger partial charge in [0, 0.05) is 6.04 Å². The van der Waals surface area contributed by atoms with Gasteiger partial charge in [0.15, 0.2) is 5.82 Å². The minimum Gasteiger partial charge on any atom is -0.465 e. The van der Waals surface area contributed by atoms with Crippen LogP contribution in [0.5, 0.6) is 0 Å². The standard InChI is InChI=1S/C16H25N3O2/c1-3-21-15(20)16(10-7-11-16)14-18-17-12(2)19(14)13-8-5-4-6-9-13/h13H,3-11H2,1-2H3. The molecule has 0 bridgehead atoms. The van der Waals surface area contributed by atoms with Crippen molar-refractivity contribution in [2.75, 3.05) is 6.61 Å². The van der Waals surface area contributed by atoms with Gasteiger partial charge in [0.05, 0.1) is 6.61 Å². The summed E-state index contributed by atoms with van der Waals surface area (Å²) in [4.78, 5) is 12.5. The molecule has 2 saturated carbocycles. The lowest BCUT2D eigenvalue weighted by Crippen LogP contribution is -2.46. The van der Waals surface area contributed by atoms with E-state index in [1.54, 1.807) is 0 Å². The molecule has 5 heteroatoms. The number of aromatic nitrogens is 3. The predicted molar refractivity (Wildman–Crippen MR) is 79.0 cm³/mol. The van der Waals surface area contributed by atoms with Crippen LogP contribution in [0.4, 0.5) is 0 Å². The van der Waals surface area contributed by atoms with Crippen molar-refractivity contribution < 1.29 is 9.53 Å².